The molecule has 5 aromatic heterocycles. The van der Waals surface area contributed by atoms with Gasteiger partial charge in [0.05, 0.1) is 59.9 Å². The van der Waals surface area contributed by atoms with E-state index in [1.54, 1.807) is 50.4 Å². The number of nitrogens with zero attached hydrogens (tertiary/aromatic N) is 6. The number of carbonyl (C=O) groups is 3. The van der Waals surface area contributed by atoms with E-state index in [2.05, 4.69) is 60.1 Å². The molecule has 3 amide bonds. The Kier molecular flexibility index (Phi) is 18.9. The fourth-order valence-electron chi connectivity index (χ4n) is 9.33. The highest BCUT2D eigenvalue weighted by Crippen LogP contribution is 2.30. The number of fused-ring (bicyclic) bond motifs is 2. The van der Waals surface area contributed by atoms with Crippen LogP contribution in [0.4, 0.5) is 46.1 Å². The van der Waals surface area contributed by atoms with Crippen LogP contribution in [-0.4, -0.2) is 158 Å². The van der Waals surface area contributed by atoms with Gasteiger partial charge < -0.3 is 40.5 Å². The van der Waals surface area contributed by atoms with Crippen LogP contribution in [0.1, 0.15) is 57.8 Å². The predicted molar refractivity (Wildman–Crippen MR) is 314 cm³/mol. The van der Waals surface area contributed by atoms with Crippen LogP contribution in [0.25, 0.3) is 44.6 Å². The number of anilines is 5. The van der Waals surface area contributed by atoms with Crippen LogP contribution in [0, 0.1) is 23.3 Å². The van der Waals surface area contributed by atoms with Crippen molar-refractivity contribution >= 4 is 88.4 Å². The molecule has 2 saturated heterocycles. The largest absolute Gasteiger partial charge is 0.379 e. The molecule has 2 aliphatic heterocycles. The number of H-pyrrole nitrogens is 2. The van der Waals surface area contributed by atoms with E-state index >= 15 is 8.78 Å². The predicted octanol–water partition coefficient (Wildman–Crippen LogP) is 8.35. The van der Waals surface area contributed by atoms with Crippen molar-refractivity contribution in [3.8, 4) is 22.5 Å². The van der Waals surface area contributed by atoms with Crippen molar-refractivity contribution in [3.05, 3.63) is 143 Å². The summed E-state index contributed by atoms with van der Waals surface area (Å²) in [6.07, 6.45) is 5.02. The standard InChI is InChI=1S/C29H30F2N6O4S.C28H31F2N7O4S/c1-3-14-42(40,41)35-23-9-8-22(30)25(26(23)31)28(38)33-21-15-20-16-24(34-27(20)32-17-21)18-4-6-19(7-5-18)29(39)37-12-10-36(2)11-13-37;1-2-13-42(39,40)36-22-5-4-21(29)25(26(22)30)28(38)34-20-14-19-15-23(35-27(19)33-17-20)18-3-6-24(32-16-18)31-7-8-37-9-11-41-12-10-37/h4-9,15-17,35H,3,10-14H2,1-2H3,(H,32,34)(H,33,38);3-6,14-17,36H,2,7-13H2,1H3,(H,31,32)(H,33,35)(H,34,38). The monoisotopic (exact) mass is 1200 g/mol. The molecule has 0 bridgehead atoms. The molecule has 0 unspecified atom stereocenters. The molecular formula is C57H61F4N13O8S2. The molecule has 2 fully saturated rings. The second-order valence-electron chi connectivity index (χ2n) is 20.0. The lowest BCUT2D eigenvalue weighted by atomic mass is 10.1. The molecule has 0 aliphatic carbocycles. The summed E-state index contributed by atoms with van der Waals surface area (Å²) in [6, 6.07) is 21.4. The Balaban J connectivity index is 0.000000202. The average molecular weight is 1200 g/mol. The number of halogens is 4. The summed E-state index contributed by atoms with van der Waals surface area (Å²) in [6.45, 7) is 11.4. The Bertz CT molecular complexity index is 3930. The maximum atomic E-state index is 15.0. The van der Waals surface area contributed by atoms with Gasteiger partial charge in [-0.25, -0.2) is 49.3 Å². The molecule has 8 aromatic rings. The molecular weight excluding hydrogens is 1130 g/mol. The number of benzene rings is 3. The zero-order valence-corrected chi connectivity index (χ0v) is 47.6. The Morgan fingerprint density at radius 2 is 1.11 bits per heavy atom. The van der Waals surface area contributed by atoms with E-state index in [1.807, 2.05) is 42.3 Å². The van der Waals surface area contributed by atoms with Gasteiger partial charge >= 0.3 is 0 Å². The molecule has 3 aromatic carbocycles. The number of sulfonamides is 2. The SMILES string of the molecule is CCCS(=O)(=O)Nc1ccc(F)c(C(=O)Nc2cnc3[nH]c(-c4ccc(C(=O)N5CCN(C)CC5)cc4)cc3c2)c1F.CCCS(=O)(=O)Nc1ccc(F)c(C(=O)Nc2cnc3[nH]c(-c4ccc(NCCN5CCOCC5)nc4)cc3c2)c1F. The maximum Gasteiger partial charge on any atom is 0.261 e. The van der Waals surface area contributed by atoms with E-state index in [4.69, 9.17) is 4.74 Å². The normalized spacial score (nSPS) is 14.2. The van der Waals surface area contributed by atoms with Gasteiger partial charge in [0.15, 0.2) is 11.6 Å². The first-order valence-corrected chi connectivity index (χ1v) is 30.2. The highest BCUT2D eigenvalue weighted by molar-refractivity contribution is 7.92. The molecule has 2 aliphatic rings. The first-order chi connectivity index (χ1) is 40.3. The van der Waals surface area contributed by atoms with Crippen LogP contribution in [0.3, 0.4) is 0 Å². The summed E-state index contributed by atoms with van der Waals surface area (Å²) in [4.78, 5) is 64.4. The zero-order valence-electron chi connectivity index (χ0n) is 46.0. The molecule has 0 spiro atoms. The summed E-state index contributed by atoms with van der Waals surface area (Å²) in [5, 5.41) is 9.47. The number of aromatic nitrogens is 5. The zero-order chi connectivity index (χ0) is 59.7. The van der Waals surface area contributed by atoms with Crippen molar-refractivity contribution in [2.24, 2.45) is 0 Å². The van der Waals surface area contributed by atoms with E-state index in [-0.39, 0.29) is 28.8 Å². The number of pyridine rings is 3. The van der Waals surface area contributed by atoms with Crippen LogP contribution < -0.4 is 25.4 Å². The van der Waals surface area contributed by atoms with Gasteiger partial charge in [-0.1, -0.05) is 26.0 Å². The molecule has 0 atom stereocenters. The van der Waals surface area contributed by atoms with Gasteiger partial charge in [-0.3, -0.25) is 28.7 Å². The molecule has 442 valence electrons. The third-order valence-electron chi connectivity index (χ3n) is 13.7. The van der Waals surface area contributed by atoms with Crippen molar-refractivity contribution in [1.82, 2.24) is 39.6 Å². The van der Waals surface area contributed by atoms with E-state index in [1.165, 1.54) is 12.4 Å². The number of aromatic amines is 2. The molecule has 7 N–H and O–H groups in total. The third-order valence-corrected chi connectivity index (χ3v) is 16.7. The smallest absolute Gasteiger partial charge is 0.261 e. The minimum absolute atomic E-state index is 0.00915. The maximum absolute atomic E-state index is 15.0. The molecule has 10 rings (SSSR count). The second kappa shape index (κ2) is 26.4. The van der Waals surface area contributed by atoms with Gasteiger partial charge in [0.2, 0.25) is 20.0 Å². The minimum atomic E-state index is -3.86. The number of piperazine rings is 1. The number of carbonyl (C=O) groups excluding carboxylic acids is 3. The number of hydrogen-bond acceptors (Lipinski definition) is 14. The fourth-order valence-corrected chi connectivity index (χ4v) is 11.6. The number of nitrogens with one attached hydrogen (secondary N) is 7. The molecule has 27 heteroatoms. The van der Waals surface area contributed by atoms with E-state index < -0.39 is 77.6 Å². The number of likely N-dealkylation sites (N-methyl/N-ethyl adjacent to an activating group) is 1. The van der Waals surface area contributed by atoms with Gasteiger partial charge in [0.25, 0.3) is 17.7 Å². The minimum Gasteiger partial charge on any atom is -0.379 e. The quantitative estimate of drug-likeness (QED) is 0.0375. The van der Waals surface area contributed by atoms with Crippen molar-refractivity contribution in [1.29, 1.82) is 0 Å². The summed E-state index contributed by atoms with van der Waals surface area (Å²) < 4.78 is 117. The molecule has 21 nitrogen and oxygen atoms in total. The van der Waals surface area contributed by atoms with Crippen LogP contribution in [0.2, 0.25) is 0 Å². The van der Waals surface area contributed by atoms with Crippen LogP contribution in [-0.2, 0) is 24.8 Å². The third kappa shape index (κ3) is 14.8. The summed E-state index contributed by atoms with van der Waals surface area (Å²) in [5.74, 6) is -6.84. The van der Waals surface area contributed by atoms with Gasteiger partial charge in [-0.2, -0.15) is 0 Å². The molecule has 84 heavy (non-hydrogen) atoms. The van der Waals surface area contributed by atoms with Gasteiger partial charge in [-0.05, 0) is 98.2 Å². The van der Waals surface area contributed by atoms with Gasteiger partial charge in [0.1, 0.15) is 39.9 Å². The lowest BCUT2D eigenvalue weighted by Gasteiger charge is -2.32. The average Bonchev–Trinajstić information content (AvgIpc) is 4.22. The first-order valence-electron chi connectivity index (χ1n) is 26.9. The Hall–Kier alpha value is -8.50. The Morgan fingerprint density at radius 1 is 0.607 bits per heavy atom. The van der Waals surface area contributed by atoms with Crippen molar-refractivity contribution in [3.63, 3.8) is 0 Å². The Labute approximate surface area is 481 Å². The fraction of sp³-hybridized carbons (Fsp3) is 0.298. The van der Waals surface area contributed by atoms with Crippen LogP contribution >= 0.6 is 0 Å². The lowest BCUT2D eigenvalue weighted by molar-refractivity contribution is 0.0398. The lowest BCUT2D eigenvalue weighted by Crippen LogP contribution is -2.47. The number of ether oxygens (including phenoxy) is 1. The van der Waals surface area contributed by atoms with E-state index in [0.717, 1.165) is 105 Å². The van der Waals surface area contributed by atoms with Crippen LogP contribution in [0.15, 0.2) is 104 Å². The first kappa shape index (κ1) is 60.1. The Morgan fingerprint density at radius 3 is 1.60 bits per heavy atom. The summed E-state index contributed by atoms with van der Waals surface area (Å²) in [5.41, 5.74) is 2.30. The van der Waals surface area contributed by atoms with Crippen molar-refractivity contribution < 1.29 is 53.5 Å². The topological polar surface area (TPSA) is 269 Å². The molecule has 0 radical (unpaired) electrons. The van der Waals surface area contributed by atoms with E-state index in [9.17, 15) is 40.0 Å². The second-order valence-corrected chi connectivity index (χ2v) is 23.7. The number of rotatable bonds is 19. The highest BCUT2D eigenvalue weighted by Gasteiger charge is 2.26. The van der Waals surface area contributed by atoms with Crippen molar-refractivity contribution in [2.45, 2.75) is 26.7 Å². The number of amides is 3. The number of hydrogen-bond donors (Lipinski definition) is 7. The van der Waals surface area contributed by atoms with Crippen molar-refractivity contribution in [2.75, 3.05) is 110 Å². The van der Waals surface area contributed by atoms with Gasteiger partial charge in [0, 0.05) is 91.8 Å². The molecule has 7 heterocycles. The summed E-state index contributed by atoms with van der Waals surface area (Å²) in [7, 11) is -5.67. The number of morpholine rings is 1. The van der Waals surface area contributed by atoms with Gasteiger partial charge in [-0.15, -0.1) is 0 Å². The molecule has 0 saturated carbocycles. The highest BCUT2D eigenvalue weighted by atomic mass is 32.2. The summed E-state index contributed by atoms with van der Waals surface area (Å²) >= 11 is 0. The van der Waals surface area contributed by atoms with Crippen LogP contribution in [0.5, 0.6) is 0 Å². The van der Waals surface area contributed by atoms with E-state index in [0.29, 0.717) is 53.6 Å².